The fourth-order valence-electron chi connectivity index (χ4n) is 2.16. The summed E-state index contributed by atoms with van der Waals surface area (Å²) >= 11 is 0. The molecule has 1 aromatic heterocycles. The Bertz CT molecular complexity index is 407. The van der Waals surface area contributed by atoms with Crippen molar-refractivity contribution in [2.24, 2.45) is 20.0 Å². The van der Waals surface area contributed by atoms with Crippen LogP contribution in [0.15, 0.2) is 12.5 Å². The monoisotopic (exact) mass is 252 g/mol. The molecule has 0 fully saturated rings. The third-order valence-corrected chi connectivity index (χ3v) is 3.02. The molecule has 0 amide bonds. The number of carbonyl (C=O) groups is 1. The number of nitrogens with zero attached hydrogens (tertiary/aromatic N) is 2. The minimum atomic E-state index is -0.0985. The largest absolute Gasteiger partial charge is 0.305 e. The van der Waals surface area contributed by atoms with Gasteiger partial charge in [-0.2, -0.15) is 0 Å². The van der Waals surface area contributed by atoms with Gasteiger partial charge in [-0.05, 0) is 0 Å². The summed E-state index contributed by atoms with van der Waals surface area (Å²) in [6, 6.07) is 0.213. The van der Waals surface area contributed by atoms with Crippen LogP contribution in [0.2, 0.25) is 0 Å². The molecular weight excluding hydrogens is 226 g/mol. The molecule has 18 heavy (non-hydrogen) atoms. The number of hydrogen-bond acceptors (Lipinski definition) is 2. The van der Waals surface area contributed by atoms with E-state index in [0.29, 0.717) is 6.04 Å². The standard InChI is InChI=1S/C14H26N3O/c1-10(2)14(18)13(15-11(3)4)7-12-8-16(5)9-17(12)6/h8-11,13,15H,7H2,1-6H3/q+1. The van der Waals surface area contributed by atoms with Gasteiger partial charge >= 0.3 is 0 Å². The summed E-state index contributed by atoms with van der Waals surface area (Å²) in [4.78, 5) is 12.2. The molecule has 0 saturated heterocycles. The molecule has 0 spiro atoms. The van der Waals surface area contributed by atoms with Crippen molar-refractivity contribution in [2.45, 2.75) is 46.2 Å². The second-order valence-corrected chi connectivity index (χ2v) is 5.65. The number of imidazole rings is 1. The number of hydrogen-bond donors (Lipinski definition) is 1. The number of aryl methyl sites for hydroxylation is 2. The van der Waals surface area contributed by atoms with Crippen molar-refractivity contribution in [3.63, 3.8) is 0 Å². The Kier molecular flexibility index (Phi) is 5.08. The van der Waals surface area contributed by atoms with E-state index < -0.39 is 0 Å². The minimum absolute atomic E-state index is 0.0651. The maximum atomic E-state index is 12.2. The van der Waals surface area contributed by atoms with Crippen LogP contribution in [0, 0.1) is 5.92 Å². The Hall–Kier alpha value is -1.16. The number of rotatable bonds is 6. The molecule has 1 unspecified atom stereocenters. The fraction of sp³-hybridized carbons (Fsp3) is 0.714. The lowest BCUT2D eigenvalue weighted by molar-refractivity contribution is -0.671. The topological polar surface area (TPSA) is 37.9 Å². The van der Waals surface area contributed by atoms with E-state index in [1.165, 1.54) is 5.69 Å². The first-order chi connectivity index (χ1) is 8.31. The summed E-state index contributed by atoms with van der Waals surface area (Å²) in [6.07, 6.45) is 4.83. The number of aromatic nitrogens is 2. The zero-order valence-electron chi connectivity index (χ0n) is 12.4. The molecule has 1 heterocycles. The molecule has 0 aliphatic carbocycles. The third kappa shape index (κ3) is 3.95. The lowest BCUT2D eigenvalue weighted by Gasteiger charge is -2.20. The molecule has 1 N–H and O–H groups in total. The normalized spacial score (nSPS) is 13.3. The fourth-order valence-corrected chi connectivity index (χ4v) is 2.16. The van der Waals surface area contributed by atoms with Gasteiger partial charge in [-0.1, -0.05) is 27.7 Å². The summed E-state index contributed by atoms with van der Waals surface area (Å²) < 4.78 is 4.09. The van der Waals surface area contributed by atoms with E-state index in [4.69, 9.17) is 0 Å². The van der Waals surface area contributed by atoms with E-state index >= 15 is 0 Å². The van der Waals surface area contributed by atoms with Gasteiger partial charge in [0.1, 0.15) is 11.9 Å². The van der Waals surface area contributed by atoms with Crippen LogP contribution < -0.4 is 9.88 Å². The van der Waals surface area contributed by atoms with E-state index in [-0.39, 0.29) is 17.7 Å². The number of ketones is 1. The average Bonchev–Trinajstić information content (AvgIpc) is 2.54. The van der Waals surface area contributed by atoms with Crippen LogP contribution >= 0.6 is 0 Å². The van der Waals surface area contributed by atoms with Crippen LogP contribution in [0.5, 0.6) is 0 Å². The first-order valence-corrected chi connectivity index (χ1v) is 6.61. The van der Waals surface area contributed by atoms with E-state index in [9.17, 15) is 4.79 Å². The van der Waals surface area contributed by atoms with Gasteiger partial charge in [0.05, 0.1) is 20.1 Å². The van der Waals surface area contributed by atoms with Crippen molar-refractivity contribution in [2.75, 3.05) is 0 Å². The molecule has 1 aromatic rings. The number of carbonyl (C=O) groups excluding carboxylic acids is 1. The molecule has 102 valence electrons. The quantitative estimate of drug-likeness (QED) is 0.767. The smallest absolute Gasteiger partial charge is 0.243 e. The van der Waals surface area contributed by atoms with Crippen LogP contribution in [-0.4, -0.2) is 22.4 Å². The summed E-state index contributed by atoms with van der Waals surface area (Å²) in [7, 11) is 4.01. The summed E-state index contributed by atoms with van der Waals surface area (Å²) in [5.41, 5.74) is 1.17. The predicted octanol–water partition coefficient (Wildman–Crippen LogP) is 0.984. The van der Waals surface area contributed by atoms with E-state index in [1.54, 1.807) is 0 Å². The van der Waals surface area contributed by atoms with Gasteiger partial charge in [-0.3, -0.25) is 4.79 Å². The van der Waals surface area contributed by atoms with Crippen LogP contribution in [0.25, 0.3) is 0 Å². The zero-order chi connectivity index (χ0) is 13.9. The highest BCUT2D eigenvalue weighted by Gasteiger charge is 2.25. The van der Waals surface area contributed by atoms with Gasteiger partial charge < -0.3 is 5.32 Å². The Balaban J connectivity index is 2.84. The lowest BCUT2D eigenvalue weighted by Crippen LogP contribution is -2.44. The molecule has 0 radical (unpaired) electrons. The van der Waals surface area contributed by atoms with E-state index in [2.05, 4.69) is 29.9 Å². The maximum Gasteiger partial charge on any atom is 0.243 e. The molecule has 4 heteroatoms. The highest BCUT2D eigenvalue weighted by atomic mass is 16.1. The van der Waals surface area contributed by atoms with Gasteiger partial charge in [0.2, 0.25) is 6.33 Å². The first-order valence-electron chi connectivity index (χ1n) is 6.61. The molecule has 0 aromatic carbocycles. The van der Waals surface area contributed by atoms with Crippen LogP contribution in [0.1, 0.15) is 33.4 Å². The molecule has 0 saturated carbocycles. The van der Waals surface area contributed by atoms with E-state index in [1.807, 2.05) is 38.8 Å². The first kappa shape index (κ1) is 14.9. The van der Waals surface area contributed by atoms with Crippen molar-refractivity contribution < 1.29 is 9.36 Å². The summed E-state index contributed by atoms with van der Waals surface area (Å²) in [6.45, 7) is 8.07. The third-order valence-electron chi connectivity index (χ3n) is 3.02. The number of Topliss-reactive ketones (excluding diaryl/α,β-unsaturated/α-hetero) is 1. The Morgan fingerprint density at radius 2 is 2.00 bits per heavy atom. The Morgan fingerprint density at radius 1 is 1.39 bits per heavy atom. The molecule has 0 bridgehead atoms. The number of nitrogens with one attached hydrogen (secondary N) is 1. The van der Waals surface area contributed by atoms with Crippen LogP contribution in [-0.2, 0) is 25.3 Å². The molecule has 0 aliphatic rings. The van der Waals surface area contributed by atoms with Gasteiger partial charge in [0.25, 0.3) is 0 Å². The van der Waals surface area contributed by atoms with Crippen molar-refractivity contribution in [1.29, 1.82) is 0 Å². The Morgan fingerprint density at radius 3 is 2.39 bits per heavy atom. The van der Waals surface area contributed by atoms with Gasteiger partial charge in [0.15, 0.2) is 5.78 Å². The summed E-state index contributed by atoms with van der Waals surface area (Å²) in [5.74, 6) is 0.350. The van der Waals surface area contributed by atoms with Crippen molar-refractivity contribution in [3.8, 4) is 0 Å². The molecular formula is C14H26N3O+. The van der Waals surface area contributed by atoms with Gasteiger partial charge in [-0.15, -0.1) is 0 Å². The lowest BCUT2D eigenvalue weighted by atomic mass is 9.97. The van der Waals surface area contributed by atoms with Gasteiger partial charge in [-0.25, -0.2) is 9.13 Å². The van der Waals surface area contributed by atoms with Crippen molar-refractivity contribution in [1.82, 2.24) is 9.88 Å². The minimum Gasteiger partial charge on any atom is -0.305 e. The second kappa shape index (κ2) is 6.14. The molecule has 1 atom stereocenters. The van der Waals surface area contributed by atoms with Crippen LogP contribution in [0.4, 0.5) is 0 Å². The highest BCUT2D eigenvalue weighted by Crippen LogP contribution is 2.08. The summed E-state index contributed by atoms with van der Waals surface area (Å²) in [5, 5.41) is 3.37. The second-order valence-electron chi connectivity index (χ2n) is 5.65. The van der Waals surface area contributed by atoms with E-state index in [0.717, 1.165) is 6.42 Å². The zero-order valence-corrected chi connectivity index (χ0v) is 12.4. The maximum absolute atomic E-state index is 12.2. The van der Waals surface area contributed by atoms with Crippen LogP contribution in [0.3, 0.4) is 0 Å². The molecule has 0 aliphatic heterocycles. The molecule has 4 nitrogen and oxygen atoms in total. The molecule has 1 rings (SSSR count). The van der Waals surface area contributed by atoms with Crippen molar-refractivity contribution >= 4 is 5.78 Å². The Labute approximate surface area is 110 Å². The SMILES string of the molecule is CC(C)NC(Cc1c[n+](C)cn1C)C(=O)C(C)C. The highest BCUT2D eigenvalue weighted by molar-refractivity contribution is 5.86. The predicted molar refractivity (Wildman–Crippen MR) is 72.2 cm³/mol. The average molecular weight is 252 g/mol. The van der Waals surface area contributed by atoms with Gasteiger partial charge in [0, 0.05) is 18.4 Å². The van der Waals surface area contributed by atoms with Crippen molar-refractivity contribution in [3.05, 3.63) is 18.2 Å².